The van der Waals surface area contributed by atoms with Crippen LogP contribution in [0.5, 0.6) is 0 Å². The maximum absolute atomic E-state index is 13.4. The number of rotatable bonds is 7. The minimum absolute atomic E-state index is 0.107. The van der Waals surface area contributed by atoms with Gasteiger partial charge in [0.15, 0.2) is 0 Å². The van der Waals surface area contributed by atoms with Crippen molar-refractivity contribution in [3.63, 3.8) is 0 Å². The number of aliphatic hydroxyl groups is 1. The van der Waals surface area contributed by atoms with Crippen LogP contribution in [0.1, 0.15) is 60.5 Å². The summed E-state index contributed by atoms with van der Waals surface area (Å²) in [5.74, 6) is -1.47. The number of carbonyl (C=O) groups excluding carboxylic acids is 2. The quantitative estimate of drug-likeness (QED) is 0.198. The molecule has 1 amide bonds. The minimum atomic E-state index is -0.716. The Kier molecular flexibility index (Phi) is 7.56. The molecule has 4 nitrogen and oxygen atoms in total. The van der Waals surface area contributed by atoms with E-state index in [4.69, 9.17) is 0 Å². The second kappa shape index (κ2) is 10.6. The van der Waals surface area contributed by atoms with Crippen molar-refractivity contribution in [1.82, 2.24) is 0 Å². The molecule has 4 rings (SSSR count). The summed E-state index contributed by atoms with van der Waals surface area (Å²) in [6.45, 7) is 6.15. The van der Waals surface area contributed by atoms with Crippen LogP contribution in [-0.4, -0.2) is 16.8 Å². The topological polar surface area (TPSA) is 57.6 Å². The summed E-state index contributed by atoms with van der Waals surface area (Å²) in [6, 6.07) is 20.4. The highest BCUT2D eigenvalue weighted by molar-refractivity contribution is 9.10. The molecule has 0 saturated carbocycles. The number of ketones is 1. The first-order valence-corrected chi connectivity index (χ1v) is 12.9. The lowest BCUT2D eigenvalue weighted by molar-refractivity contribution is -0.132. The smallest absolute Gasteiger partial charge is 0.300 e. The van der Waals surface area contributed by atoms with Gasteiger partial charge in [-0.05, 0) is 72.7 Å². The number of carbonyl (C=O) groups is 2. The van der Waals surface area contributed by atoms with E-state index in [1.54, 1.807) is 6.07 Å². The molecular weight excluding hydrogens is 502 g/mol. The first-order chi connectivity index (χ1) is 16.8. The van der Waals surface area contributed by atoms with E-state index in [0.29, 0.717) is 11.3 Å². The minimum Gasteiger partial charge on any atom is -0.507 e. The molecule has 0 spiro atoms. The van der Waals surface area contributed by atoms with Crippen LogP contribution in [0.25, 0.3) is 5.76 Å². The summed E-state index contributed by atoms with van der Waals surface area (Å²) in [5, 5.41) is 11.3. The van der Waals surface area contributed by atoms with Gasteiger partial charge < -0.3 is 5.11 Å². The lowest BCUT2D eigenvalue weighted by atomic mass is 9.94. The zero-order valence-corrected chi connectivity index (χ0v) is 21.9. The van der Waals surface area contributed by atoms with Gasteiger partial charge in [-0.3, -0.25) is 14.5 Å². The molecule has 0 radical (unpaired) electrons. The van der Waals surface area contributed by atoms with Gasteiger partial charge in [-0.15, -0.1) is 0 Å². The summed E-state index contributed by atoms with van der Waals surface area (Å²) in [7, 11) is 0. The van der Waals surface area contributed by atoms with Gasteiger partial charge in [0.1, 0.15) is 5.76 Å². The molecule has 35 heavy (non-hydrogen) atoms. The molecule has 0 aliphatic carbocycles. The number of hydrogen-bond donors (Lipinski definition) is 1. The van der Waals surface area contributed by atoms with Crippen LogP contribution in [0.4, 0.5) is 5.69 Å². The number of benzene rings is 3. The monoisotopic (exact) mass is 531 g/mol. The van der Waals surface area contributed by atoms with Gasteiger partial charge in [0.25, 0.3) is 11.7 Å². The van der Waals surface area contributed by atoms with Crippen molar-refractivity contribution in [2.45, 2.75) is 52.5 Å². The van der Waals surface area contributed by atoms with Crippen LogP contribution in [0.2, 0.25) is 0 Å². The number of Topliss-reactive ketones (excluding diaryl/α,β-unsaturated/α-hetero) is 1. The van der Waals surface area contributed by atoms with Crippen molar-refractivity contribution in [2.24, 2.45) is 0 Å². The second-order valence-corrected chi connectivity index (χ2v) is 9.85. The van der Waals surface area contributed by atoms with Crippen molar-refractivity contribution in [3.05, 3.63) is 105 Å². The zero-order valence-electron chi connectivity index (χ0n) is 20.3. The molecule has 1 unspecified atom stereocenters. The summed E-state index contributed by atoms with van der Waals surface area (Å²) in [5.41, 5.74) is 5.32. The molecule has 1 aliphatic rings. The standard InChI is InChI=1S/C30H30BrNO3/c1-4-6-7-21-10-15-24(16-11-21)32-27(22-12-8-20(5-2)9-13-22)26(29(34)30(32)35)28(33)23-14-17-25(31)19(3)18-23/h8-18,27,33H,4-7H2,1-3H3/b28-26-. The van der Waals surface area contributed by atoms with Crippen molar-refractivity contribution in [1.29, 1.82) is 0 Å². The van der Waals surface area contributed by atoms with E-state index in [1.807, 2.05) is 67.6 Å². The SMILES string of the molecule is CCCCc1ccc(N2C(=O)C(=O)/C(=C(\O)c3ccc(Br)c(C)c3)C2c2ccc(CC)cc2)cc1. The van der Waals surface area contributed by atoms with Gasteiger partial charge in [-0.2, -0.15) is 0 Å². The molecule has 1 aliphatic heterocycles. The summed E-state index contributed by atoms with van der Waals surface area (Å²) >= 11 is 3.48. The maximum atomic E-state index is 13.4. The number of nitrogens with zero attached hydrogens (tertiary/aromatic N) is 1. The fourth-order valence-electron chi connectivity index (χ4n) is 4.50. The normalized spacial score (nSPS) is 17.3. The van der Waals surface area contributed by atoms with Crippen LogP contribution in [0, 0.1) is 6.92 Å². The van der Waals surface area contributed by atoms with Crippen molar-refractivity contribution >= 4 is 39.1 Å². The number of hydrogen-bond acceptors (Lipinski definition) is 3. The molecule has 180 valence electrons. The third-order valence-corrected chi connectivity index (χ3v) is 7.50. The Hall–Kier alpha value is -3.18. The highest BCUT2D eigenvalue weighted by Crippen LogP contribution is 2.42. The third kappa shape index (κ3) is 4.96. The lowest BCUT2D eigenvalue weighted by Gasteiger charge is -2.26. The Bertz CT molecular complexity index is 1280. The van der Waals surface area contributed by atoms with Gasteiger partial charge in [-0.1, -0.05) is 78.7 Å². The Morgan fingerprint density at radius 1 is 0.943 bits per heavy atom. The third-order valence-electron chi connectivity index (χ3n) is 6.61. The molecule has 1 atom stereocenters. The Morgan fingerprint density at radius 3 is 2.20 bits per heavy atom. The van der Waals surface area contributed by atoms with Crippen LogP contribution >= 0.6 is 15.9 Å². The number of aryl methyl sites for hydroxylation is 3. The molecule has 5 heteroatoms. The molecule has 1 fully saturated rings. The van der Waals surface area contributed by atoms with Crippen molar-refractivity contribution in [3.8, 4) is 0 Å². The van der Waals surface area contributed by atoms with Crippen molar-refractivity contribution in [2.75, 3.05) is 4.90 Å². The van der Waals surface area contributed by atoms with Crippen LogP contribution in [0.15, 0.2) is 76.8 Å². The van der Waals surface area contributed by atoms with E-state index < -0.39 is 17.7 Å². The van der Waals surface area contributed by atoms with Crippen LogP contribution in [0.3, 0.4) is 0 Å². The number of halogens is 1. The molecule has 1 heterocycles. The van der Waals surface area contributed by atoms with E-state index in [1.165, 1.54) is 10.5 Å². The second-order valence-electron chi connectivity index (χ2n) is 9.00. The highest BCUT2D eigenvalue weighted by atomic mass is 79.9. The number of unbranched alkanes of at least 4 members (excludes halogenated alkanes) is 1. The van der Waals surface area contributed by atoms with Gasteiger partial charge in [0, 0.05) is 15.7 Å². The maximum Gasteiger partial charge on any atom is 0.300 e. The predicted molar refractivity (Wildman–Crippen MR) is 145 cm³/mol. The molecule has 3 aromatic carbocycles. The largest absolute Gasteiger partial charge is 0.507 e. The molecular formula is C30H30BrNO3. The van der Waals surface area contributed by atoms with Crippen molar-refractivity contribution < 1.29 is 14.7 Å². The Morgan fingerprint density at radius 2 is 1.60 bits per heavy atom. The fourth-order valence-corrected chi connectivity index (χ4v) is 4.75. The van der Waals surface area contributed by atoms with E-state index >= 15 is 0 Å². The molecule has 1 saturated heterocycles. The van der Waals surface area contributed by atoms with E-state index in [2.05, 4.69) is 29.8 Å². The number of amides is 1. The molecule has 0 aromatic heterocycles. The average molecular weight is 532 g/mol. The molecule has 1 N–H and O–H groups in total. The average Bonchev–Trinajstić information content (AvgIpc) is 3.14. The number of aliphatic hydroxyl groups excluding tert-OH is 1. The molecule has 3 aromatic rings. The summed E-state index contributed by atoms with van der Waals surface area (Å²) in [6.07, 6.45) is 4.07. The highest BCUT2D eigenvalue weighted by Gasteiger charge is 2.46. The van der Waals surface area contributed by atoms with E-state index in [-0.39, 0.29) is 11.3 Å². The summed E-state index contributed by atoms with van der Waals surface area (Å²) in [4.78, 5) is 28.2. The van der Waals surface area contributed by atoms with Crippen LogP contribution < -0.4 is 4.90 Å². The van der Waals surface area contributed by atoms with Crippen LogP contribution in [-0.2, 0) is 22.4 Å². The van der Waals surface area contributed by atoms with Gasteiger partial charge in [-0.25, -0.2) is 0 Å². The Labute approximate surface area is 215 Å². The predicted octanol–water partition coefficient (Wildman–Crippen LogP) is 7.29. The van der Waals surface area contributed by atoms with Gasteiger partial charge >= 0.3 is 0 Å². The fraction of sp³-hybridized carbons (Fsp3) is 0.267. The van der Waals surface area contributed by atoms with Gasteiger partial charge in [0.05, 0.1) is 11.6 Å². The summed E-state index contributed by atoms with van der Waals surface area (Å²) < 4.78 is 0.907. The van der Waals surface area contributed by atoms with E-state index in [9.17, 15) is 14.7 Å². The first kappa shape index (κ1) is 24.9. The lowest BCUT2D eigenvalue weighted by Crippen LogP contribution is -2.29. The zero-order chi connectivity index (χ0) is 25.1. The number of anilines is 1. The molecule has 0 bridgehead atoms. The first-order valence-electron chi connectivity index (χ1n) is 12.1. The van der Waals surface area contributed by atoms with Gasteiger partial charge in [0.2, 0.25) is 0 Å². The Balaban J connectivity index is 1.86. The van der Waals surface area contributed by atoms with E-state index in [0.717, 1.165) is 46.8 Å².